The third-order valence-corrected chi connectivity index (χ3v) is 5.12. The van der Waals surface area contributed by atoms with Gasteiger partial charge in [-0.25, -0.2) is 13.8 Å². The minimum absolute atomic E-state index is 0.170. The van der Waals surface area contributed by atoms with E-state index in [2.05, 4.69) is 22.8 Å². The molecule has 0 bridgehead atoms. The second-order valence-corrected chi connectivity index (χ2v) is 7.45. The Morgan fingerprint density at radius 2 is 1.97 bits per heavy atom. The fraction of sp³-hybridized carbons (Fsp3) is 0.217. The molecule has 1 unspecified atom stereocenters. The fourth-order valence-electron chi connectivity index (χ4n) is 3.62. The lowest BCUT2D eigenvalue weighted by Crippen LogP contribution is -2.27. The molecule has 1 aromatic heterocycles. The molecule has 31 heavy (non-hydrogen) atoms. The maximum Gasteiger partial charge on any atom is 0.243 e. The highest BCUT2D eigenvalue weighted by Crippen LogP contribution is 2.30. The van der Waals surface area contributed by atoms with Crippen molar-refractivity contribution in [3.8, 4) is 6.07 Å². The van der Waals surface area contributed by atoms with Crippen LogP contribution in [0.25, 0.3) is 10.9 Å². The number of allylic oxidation sites excluding steroid dienone is 1. The van der Waals surface area contributed by atoms with Gasteiger partial charge >= 0.3 is 0 Å². The minimum Gasteiger partial charge on any atom is -0.273 e. The lowest BCUT2D eigenvalue weighted by molar-refractivity contribution is -0.133. The second-order valence-electron chi connectivity index (χ2n) is 7.45. The number of carbonyl (C=O) groups excluding carboxylic acids is 1. The number of rotatable bonds is 6. The Bertz CT molecular complexity index is 1220. The van der Waals surface area contributed by atoms with Crippen LogP contribution < -0.4 is 0 Å². The lowest BCUT2D eigenvalue weighted by atomic mass is 10.0. The third-order valence-electron chi connectivity index (χ3n) is 5.12. The van der Waals surface area contributed by atoms with E-state index in [1.54, 1.807) is 23.0 Å². The molecular formula is C23H19F2N5O. The Kier molecular flexibility index (Phi) is 5.58. The molecule has 3 aromatic rings. The first kappa shape index (κ1) is 20.4. The molecular weight excluding hydrogens is 400 g/mol. The SMILES string of the molecule is C=C(CCC(=O)N1N=CCC1c1cc(F)cc(F)c1)Cn1cc2ccc(C#N)cc2n1. The van der Waals surface area contributed by atoms with E-state index in [-0.39, 0.29) is 12.3 Å². The van der Waals surface area contributed by atoms with Crippen LogP contribution in [-0.2, 0) is 11.3 Å². The molecule has 1 aliphatic rings. The number of hydrazone groups is 1. The molecule has 156 valence electrons. The number of aromatic nitrogens is 2. The summed E-state index contributed by atoms with van der Waals surface area (Å²) in [6.07, 6.45) is 4.44. The number of amides is 1. The number of halogens is 2. The monoisotopic (exact) mass is 419 g/mol. The number of benzene rings is 2. The summed E-state index contributed by atoms with van der Waals surface area (Å²) in [4.78, 5) is 12.7. The van der Waals surface area contributed by atoms with Crippen LogP contribution in [-0.4, -0.2) is 26.9 Å². The summed E-state index contributed by atoms with van der Waals surface area (Å²) in [5.41, 5.74) is 2.45. The van der Waals surface area contributed by atoms with Gasteiger partial charge in [-0.1, -0.05) is 12.2 Å². The number of nitriles is 1. The summed E-state index contributed by atoms with van der Waals surface area (Å²) >= 11 is 0. The van der Waals surface area contributed by atoms with Gasteiger partial charge in [0.1, 0.15) is 11.6 Å². The largest absolute Gasteiger partial charge is 0.273 e. The molecule has 2 heterocycles. The second kappa shape index (κ2) is 8.48. The quantitative estimate of drug-likeness (QED) is 0.553. The van der Waals surface area contributed by atoms with Crippen molar-refractivity contribution in [2.75, 3.05) is 0 Å². The normalized spacial score (nSPS) is 15.4. The Morgan fingerprint density at radius 1 is 1.19 bits per heavy atom. The van der Waals surface area contributed by atoms with E-state index in [4.69, 9.17) is 5.26 Å². The van der Waals surface area contributed by atoms with Gasteiger partial charge in [-0.05, 0) is 42.3 Å². The highest BCUT2D eigenvalue weighted by molar-refractivity contribution is 5.80. The molecule has 0 saturated heterocycles. The van der Waals surface area contributed by atoms with E-state index in [1.807, 2.05) is 12.3 Å². The summed E-state index contributed by atoms with van der Waals surface area (Å²) in [7, 11) is 0. The van der Waals surface area contributed by atoms with Gasteiger partial charge in [0.2, 0.25) is 5.91 Å². The summed E-state index contributed by atoms with van der Waals surface area (Å²) in [6.45, 7) is 4.47. The maximum atomic E-state index is 13.6. The molecule has 0 radical (unpaired) electrons. The van der Waals surface area contributed by atoms with Crippen molar-refractivity contribution in [2.45, 2.75) is 31.8 Å². The Hall–Kier alpha value is -3.86. The number of carbonyl (C=O) groups is 1. The van der Waals surface area contributed by atoms with Gasteiger partial charge in [-0.2, -0.15) is 15.5 Å². The van der Waals surface area contributed by atoms with E-state index in [9.17, 15) is 13.6 Å². The molecule has 1 atom stereocenters. The van der Waals surface area contributed by atoms with Crippen molar-refractivity contribution in [1.82, 2.24) is 14.8 Å². The highest BCUT2D eigenvalue weighted by Gasteiger charge is 2.28. The van der Waals surface area contributed by atoms with E-state index in [0.717, 1.165) is 22.5 Å². The van der Waals surface area contributed by atoms with Crippen molar-refractivity contribution in [2.24, 2.45) is 5.10 Å². The molecule has 1 aliphatic heterocycles. The molecule has 0 fully saturated rings. The van der Waals surface area contributed by atoms with Crippen LogP contribution in [0.4, 0.5) is 8.78 Å². The lowest BCUT2D eigenvalue weighted by Gasteiger charge is -2.22. The van der Waals surface area contributed by atoms with Gasteiger partial charge in [0.05, 0.1) is 29.7 Å². The first-order valence-electron chi connectivity index (χ1n) is 9.77. The zero-order valence-corrected chi connectivity index (χ0v) is 16.6. The predicted molar refractivity (Wildman–Crippen MR) is 112 cm³/mol. The van der Waals surface area contributed by atoms with Crippen molar-refractivity contribution < 1.29 is 13.6 Å². The molecule has 4 rings (SSSR count). The maximum absolute atomic E-state index is 13.6. The molecule has 8 heteroatoms. The fourth-order valence-corrected chi connectivity index (χ4v) is 3.62. The number of fused-ring (bicyclic) bond motifs is 1. The number of hydrogen-bond donors (Lipinski definition) is 0. The van der Waals surface area contributed by atoms with Crippen LogP contribution in [0.2, 0.25) is 0 Å². The van der Waals surface area contributed by atoms with Gasteiger partial charge in [0, 0.05) is 36.7 Å². The van der Waals surface area contributed by atoms with Gasteiger partial charge < -0.3 is 0 Å². The average molecular weight is 419 g/mol. The molecule has 0 spiro atoms. The van der Waals surface area contributed by atoms with Crippen LogP contribution in [0.15, 0.2) is 59.8 Å². The zero-order valence-electron chi connectivity index (χ0n) is 16.6. The zero-order chi connectivity index (χ0) is 22.0. The molecule has 1 amide bonds. The summed E-state index contributed by atoms with van der Waals surface area (Å²) in [6, 6.07) is 10.1. The summed E-state index contributed by atoms with van der Waals surface area (Å²) in [5, 5.41) is 19.7. The van der Waals surface area contributed by atoms with Crippen LogP contribution in [0.1, 0.15) is 36.4 Å². The summed E-state index contributed by atoms with van der Waals surface area (Å²) < 4.78 is 28.9. The number of hydrogen-bond acceptors (Lipinski definition) is 4. The van der Waals surface area contributed by atoms with E-state index in [1.165, 1.54) is 17.1 Å². The van der Waals surface area contributed by atoms with Crippen molar-refractivity contribution in [3.63, 3.8) is 0 Å². The van der Waals surface area contributed by atoms with Crippen LogP contribution in [0.5, 0.6) is 0 Å². The van der Waals surface area contributed by atoms with Gasteiger partial charge in [-0.3, -0.25) is 9.48 Å². The van der Waals surface area contributed by atoms with Gasteiger partial charge in [-0.15, -0.1) is 0 Å². The third kappa shape index (κ3) is 4.51. The Morgan fingerprint density at radius 3 is 2.71 bits per heavy atom. The van der Waals surface area contributed by atoms with Crippen LogP contribution in [0.3, 0.4) is 0 Å². The molecule has 6 nitrogen and oxygen atoms in total. The smallest absolute Gasteiger partial charge is 0.243 e. The van der Waals surface area contributed by atoms with Crippen molar-refractivity contribution in [3.05, 3.63) is 77.5 Å². The Labute approximate surface area is 177 Å². The molecule has 0 saturated carbocycles. The Balaban J connectivity index is 1.37. The standard InChI is InChI=1S/C23H19F2N5O/c1-15(13-29-14-17-4-3-16(12-26)8-21(17)28-29)2-5-23(31)30-22(6-7-27-30)18-9-19(24)11-20(25)10-18/h3-4,7-11,14,22H,1-2,5-6,13H2. The molecule has 0 aliphatic carbocycles. The van der Waals surface area contributed by atoms with Crippen molar-refractivity contribution >= 4 is 23.0 Å². The van der Waals surface area contributed by atoms with E-state index in [0.29, 0.717) is 30.5 Å². The first-order chi connectivity index (χ1) is 14.9. The summed E-state index contributed by atoms with van der Waals surface area (Å²) in [5.74, 6) is -1.61. The van der Waals surface area contributed by atoms with E-state index >= 15 is 0 Å². The average Bonchev–Trinajstić information content (AvgIpc) is 3.37. The van der Waals surface area contributed by atoms with Crippen molar-refractivity contribution in [1.29, 1.82) is 5.26 Å². The molecule has 2 aromatic carbocycles. The number of nitrogens with zero attached hydrogens (tertiary/aromatic N) is 5. The highest BCUT2D eigenvalue weighted by atomic mass is 19.1. The first-order valence-corrected chi connectivity index (χ1v) is 9.77. The van der Waals surface area contributed by atoms with Crippen LogP contribution >= 0.6 is 0 Å². The molecule has 0 N–H and O–H groups in total. The minimum atomic E-state index is -0.684. The van der Waals surface area contributed by atoms with Gasteiger partial charge in [0.15, 0.2) is 0 Å². The predicted octanol–water partition coefficient (Wildman–Crippen LogP) is 4.48. The topological polar surface area (TPSA) is 74.3 Å². The van der Waals surface area contributed by atoms with E-state index < -0.39 is 17.7 Å². The van der Waals surface area contributed by atoms with Crippen LogP contribution in [0, 0.1) is 23.0 Å². The van der Waals surface area contributed by atoms with Gasteiger partial charge in [0.25, 0.3) is 0 Å².